The average molecular weight is 443 g/mol. The van der Waals surface area contributed by atoms with Crippen LogP contribution >= 0.6 is 24.8 Å². The fraction of sp³-hybridized carbons (Fsp3) is 0.550. The maximum absolute atomic E-state index is 12.7. The van der Waals surface area contributed by atoms with Crippen LogP contribution in [0.25, 0.3) is 0 Å². The zero-order valence-corrected chi connectivity index (χ0v) is 18.1. The molecule has 3 aliphatic heterocycles. The molecule has 7 nitrogen and oxygen atoms in total. The number of benzene rings is 1. The predicted molar refractivity (Wildman–Crippen MR) is 114 cm³/mol. The van der Waals surface area contributed by atoms with Crippen molar-refractivity contribution in [2.75, 3.05) is 20.1 Å². The van der Waals surface area contributed by atoms with Crippen molar-refractivity contribution in [1.82, 2.24) is 20.4 Å². The van der Waals surface area contributed by atoms with Crippen LogP contribution in [0.5, 0.6) is 0 Å². The Balaban J connectivity index is 0.00000150. The van der Waals surface area contributed by atoms with E-state index >= 15 is 0 Å². The molecular weight excluding hydrogens is 415 g/mol. The van der Waals surface area contributed by atoms with Gasteiger partial charge in [0.05, 0.1) is 0 Å². The molecule has 0 saturated carbocycles. The van der Waals surface area contributed by atoms with Crippen molar-refractivity contribution in [3.63, 3.8) is 0 Å². The van der Waals surface area contributed by atoms with Crippen LogP contribution in [0.15, 0.2) is 18.2 Å². The van der Waals surface area contributed by atoms with Crippen LogP contribution in [-0.2, 0) is 22.7 Å². The summed E-state index contributed by atoms with van der Waals surface area (Å²) in [5.41, 5.74) is 2.83. The highest BCUT2D eigenvalue weighted by Crippen LogP contribution is 2.28. The second-order valence-electron chi connectivity index (χ2n) is 7.79. The second kappa shape index (κ2) is 9.89. The Bertz CT molecular complexity index is 783. The highest BCUT2D eigenvalue weighted by molar-refractivity contribution is 6.05. The number of carbonyl (C=O) groups is 3. The SMILES string of the molecule is CN(Cc1ccc2c(c1)CN(C1CCC(=O)NC1=O)C2=O)C1CCNCC1.Cl.Cl. The fourth-order valence-electron chi connectivity index (χ4n) is 4.39. The van der Waals surface area contributed by atoms with Crippen molar-refractivity contribution in [2.24, 2.45) is 0 Å². The molecule has 3 aliphatic rings. The van der Waals surface area contributed by atoms with Gasteiger partial charge < -0.3 is 10.2 Å². The van der Waals surface area contributed by atoms with Gasteiger partial charge in [-0.2, -0.15) is 0 Å². The topological polar surface area (TPSA) is 81.8 Å². The van der Waals surface area contributed by atoms with Crippen molar-refractivity contribution in [2.45, 2.75) is 50.9 Å². The summed E-state index contributed by atoms with van der Waals surface area (Å²) in [6.07, 6.45) is 2.99. The van der Waals surface area contributed by atoms with Crippen molar-refractivity contribution in [3.8, 4) is 0 Å². The molecular formula is C20H28Cl2N4O3. The van der Waals surface area contributed by atoms with E-state index in [1.807, 2.05) is 12.1 Å². The molecule has 9 heteroatoms. The molecule has 2 fully saturated rings. The minimum Gasteiger partial charge on any atom is -0.322 e. The van der Waals surface area contributed by atoms with E-state index in [0.717, 1.165) is 38.0 Å². The van der Waals surface area contributed by atoms with Gasteiger partial charge in [-0.15, -0.1) is 24.8 Å². The summed E-state index contributed by atoms with van der Waals surface area (Å²) in [7, 11) is 2.16. The third kappa shape index (κ3) is 4.91. The number of amides is 3. The monoisotopic (exact) mass is 442 g/mol. The first-order valence-electron chi connectivity index (χ1n) is 9.70. The maximum atomic E-state index is 12.7. The van der Waals surface area contributed by atoms with Crippen molar-refractivity contribution < 1.29 is 14.4 Å². The van der Waals surface area contributed by atoms with Gasteiger partial charge in [-0.1, -0.05) is 12.1 Å². The molecule has 160 valence electrons. The molecule has 0 aromatic heterocycles. The van der Waals surface area contributed by atoms with Gasteiger partial charge >= 0.3 is 0 Å². The van der Waals surface area contributed by atoms with Crippen LogP contribution in [-0.4, -0.2) is 59.7 Å². The van der Waals surface area contributed by atoms with Crippen LogP contribution in [0.2, 0.25) is 0 Å². The van der Waals surface area contributed by atoms with Crippen LogP contribution in [0, 0.1) is 0 Å². The summed E-state index contributed by atoms with van der Waals surface area (Å²) in [4.78, 5) is 40.2. The molecule has 0 radical (unpaired) electrons. The van der Waals surface area contributed by atoms with Gasteiger partial charge in [-0.3, -0.25) is 24.6 Å². The summed E-state index contributed by atoms with van der Waals surface area (Å²) >= 11 is 0. The lowest BCUT2D eigenvalue weighted by Crippen LogP contribution is -2.52. The number of fused-ring (bicyclic) bond motifs is 1. The Morgan fingerprint density at radius 3 is 2.52 bits per heavy atom. The standard InChI is InChI=1S/C20H26N4O3.2ClH/c1-23(15-6-8-21-9-7-15)11-13-2-3-16-14(10-13)12-24(20(16)27)17-4-5-18(25)22-19(17)26;;/h2-3,10,15,17,21H,4-9,11-12H2,1H3,(H,22,25,26);2*1H. The van der Waals surface area contributed by atoms with Gasteiger partial charge in [-0.25, -0.2) is 0 Å². The summed E-state index contributed by atoms with van der Waals surface area (Å²) in [6.45, 7) is 3.42. The Labute approximate surface area is 183 Å². The molecule has 4 rings (SSSR count). The van der Waals surface area contributed by atoms with E-state index in [1.165, 1.54) is 5.56 Å². The van der Waals surface area contributed by atoms with Gasteiger partial charge in [0.2, 0.25) is 11.8 Å². The van der Waals surface area contributed by atoms with E-state index < -0.39 is 6.04 Å². The van der Waals surface area contributed by atoms with Crippen LogP contribution in [0.4, 0.5) is 0 Å². The minimum atomic E-state index is -0.552. The predicted octanol–water partition coefficient (Wildman–Crippen LogP) is 1.47. The highest BCUT2D eigenvalue weighted by atomic mass is 35.5. The molecule has 0 bridgehead atoms. The maximum Gasteiger partial charge on any atom is 0.255 e. The zero-order valence-electron chi connectivity index (χ0n) is 16.5. The van der Waals surface area contributed by atoms with Crippen LogP contribution < -0.4 is 10.6 Å². The number of piperidine rings is 2. The molecule has 0 spiro atoms. The summed E-state index contributed by atoms with van der Waals surface area (Å²) in [6, 6.07) is 6.03. The quantitative estimate of drug-likeness (QED) is 0.689. The van der Waals surface area contributed by atoms with Crippen molar-refractivity contribution in [3.05, 3.63) is 34.9 Å². The van der Waals surface area contributed by atoms with E-state index in [9.17, 15) is 14.4 Å². The molecule has 29 heavy (non-hydrogen) atoms. The fourth-order valence-corrected chi connectivity index (χ4v) is 4.39. The number of nitrogens with one attached hydrogen (secondary N) is 2. The molecule has 2 saturated heterocycles. The van der Waals surface area contributed by atoms with Crippen LogP contribution in [0.1, 0.15) is 47.2 Å². The third-order valence-electron chi connectivity index (χ3n) is 5.95. The van der Waals surface area contributed by atoms with Crippen molar-refractivity contribution in [1.29, 1.82) is 0 Å². The molecule has 3 heterocycles. The van der Waals surface area contributed by atoms with Crippen LogP contribution in [0.3, 0.4) is 0 Å². The minimum absolute atomic E-state index is 0. The molecule has 3 amide bonds. The number of hydrogen-bond acceptors (Lipinski definition) is 5. The van der Waals surface area contributed by atoms with E-state index in [0.29, 0.717) is 24.6 Å². The van der Waals surface area contributed by atoms with Gasteiger partial charge in [0, 0.05) is 31.1 Å². The zero-order chi connectivity index (χ0) is 19.0. The Hall–Kier alpha value is -1.67. The first-order valence-corrected chi connectivity index (χ1v) is 9.70. The first-order chi connectivity index (χ1) is 13.0. The third-order valence-corrected chi connectivity index (χ3v) is 5.95. The average Bonchev–Trinajstić information content (AvgIpc) is 2.98. The summed E-state index contributed by atoms with van der Waals surface area (Å²) in [5, 5.41) is 5.74. The van der Waals surface area contributed by atoms with E-state index in [-0.39, 0.29) is 49.0 Å². The normalized spacial score (nSPS) is 22.1. The number of hydrogen-bond donors (Lipinski definition) is 2. The number of imide groups is 1. The second-order valence-corrected chi connectivity index (χ2v) is 7.79. The Kier molecular flexibility index (Phi) is 8.05. The smallest absolute Gasteiger partial charge is 0.255 e. The number of halogens is 2. The van der Waals surface area contributed by atoms with E-state index in [2.05, 4.69) is 28.6 Å². The largest absolute Gasteiger partial charge is 0.322 e. The lowest BCUT2D eigenvalue weighted by Gasteiger charge is -2.31. The Morgan fingerprint density at radius 2 is 1.83 bits per heavy atom. The molecule has 1 atom stereocenters. The summed E-state index contributed by atoms with van der Waals surface area (Å²) < 4.78 is 0. The van der Waals surface area contributed by atoms with E-state index in [4.69, 9.17) is 0 Å². The Morgan fingerprint density at radius 1 is 1.10 bits per heavy atom. The number of rotatable bonds is 4. The number of carbonyl (C=O) groups excluding carboxylic acids is 3. The molecule has 2 N–H and O–H groups in total. The first kappa shape index (κ1) is 23.6. The molecule has 1 aromatic carbocycles. The number of nitrogens with zero attached hydrogens (tertiary/aromatic N) is 2. The van der Waals surface area contributed by atoms with E-state index in [1.54, 1.807) is 4.90 Å². The summed E-state index contributed by atoms with van der Waals surface area (Å²) in [5.74, 6) is -0.736. The molecule has 0 aliphatic carbocycles. The lowest BCUT2D eigenvalue weighted by atomic mass is 10.0. The lowest BCUT2D eigenvalue weighted by molar-refractivity contribution is -0.136. The highest BCUT2D eigenvalue weighted by Gasteiger charge is 2.39. The van der Waals surface area contributed by atoms with Gasteiger partial charge in [0.1, 0.15) is 6.04 Å². The van der Waals surface area contributed by atoms with Crippen molar-refractivity contribution >= 4 is 42.5 Å². The molecule has 1 aromatic rings. The molecule has 1 unspecified atom stereocenters. The van der Waals surface area contributed by atoms with Gasteiger partial charge in [0.25, 0.3) is 5.91 Å². The van der Waals surface area contributed by atoms with Gasteiger partial charge in [0.15, 0.2) is 0 Å². The van der Waals surface area contributed by atoms with Gasteiger partial charge in [-0.05, 0) is 56.6 Å².